The van der Waals surface area contributed by atoms with Gasteiger partial charge in [-0.1, -0.05) is 78.4 Å². The number of aliphatic hydroxyl groups is 1. The van der Waals surface area contributed by atoms with Crippen LogP contribution in [0.4, 0.5) is 5.69 Å². The van der Waals surface area contributed by atoms with Crippen LogP contribution in [0.1, 0.15) is 44.3 Å². The smallest absolute Gasteiger partial charge is 0.313 e. The van der Waals surface area contributed by atoms with Crippen LogP contribution in [0.3, 0.4) is 0 Å². The molecule has 0 aromatic heterocycles. The summed E-state index contributed by atoms with van der Waals surface area (Å²) in [5.74, 6) is -3.64. The third kappa shape index (κ3) is 5.74. The van der Waals surface area contributed by atoms with Crippen molar-refractivity contribution in [3.63, 3.8) is 0 Å². The number of unbranched alkanes of at least 4 members (excludes halogenated alkanes) is 1. The number of likely N-dealkylation sites (tertiary alicyclic amines) is 1. The highest BCUT2D eigenvalue weighted by atomic mass is 35.5. The number of ether oxygens (including phenoxy) is 2. The fraction of sp³-hybridized carbons (Fsp3) is 0.429. The lowest BCUT2D eigenvalue weighted by Crippen LogP contribution is -2.56. The number of para-hydroxylation sites is 1. The zero-order chi connectivity index (χ0) is 32.4. The second kappa shape index (κ2) is 13.4. The van der Waals surface area contributed by atoms with Gasteiger partial charge in [-0.25, -0.2) is 0 Å². The summed E-state index contributed by atoms with van der Waals surface area (Å²) in [6.45, 7) is 2.05. The van der Waals surface area contributed by atoms with Crippen molar-refractivity contribution in [2.45, 2.75) is 62.5 Å². The van der Waals surface area contributed by atoms with E-state index in [0.717, 1.165) is 0 Å². The van der Waals surface area contributed by atoms with E-state index >= 15 is 0 Å². The average Bonchev–Trinajstić information content (AvgIpc) is 3.69. The number of amides is 3. The van der Waals surface area contributed by atoms with Crippen LogP contribution in [0.25, 0.3) is 0 Å². The monoisotopic (exact) mass is 647 g/mol. The Morgan fingerprint density at radius 2 is 1.76 bits per heavy atom. The molecule has 2 aromatic carbocycles. The Balaban J connectivity index is 1.44. The SMILES string of the molecule is C[C@@H]1NC(=O)CC/C=C\CN(c2ccccc2Cl)C(=O)[C@H]2N(CCCCO)C(=O)[C@@H]3[C@@H](C(=O)O[C@H]1c1ccccc1)[C@H]1C=C[C@]32O1. The molecule has 4 aliphatic heterocycles. The zero-order valence-corrected chi connectivity index (χ0v) is 26.3. The average molecular weight is 648 g/mol. The van der Waals surface area contributed by atoms with Gasteiger partial charge in [0.15, 0.2) is 0 Å². The summed E-state index contributed by atoms with van der Waals surface area (Å²) in [6.07, 6.45) is 7.04. The van der Waals surface area contributed by atoms with Gasteiger partial charge in [-0.3, -0.25) is 19.2 Å². The van der Waals surface area contributed by atoms with Gasteiger partial charge in [0.05, 0.1) is 28.8 Å². The summed E-state index contributed by atoms with van der Waals surface area (Å²) in [7, 11) is 0. The first kappa shape index (κ1) is 32.0. The van der Waals surface area contributed by atoms with Crippen molar-refractivity contribution in [2.24, 2.45) is 11.8 Å². The number of esters is 1. The van der Waals surface area contributed by atoms with E-state index in [0.29, 0.717) is 35.5 Å². The Morgan fingerprint density at radius 3 is 2.52 bits per heavy atom. The molecule has 2 fully saturated rings. The van der Waals surface area contributed by atoms with Crippen LogP contribution in [-0.4, -0.2) is 77.2 Å². The highest BCUT2D eigenvalue weighted by Crippen LogP contribution is 2.56. The Labute approximate surface area is 273 Å². The molecule has 0 unspecified atom stereocenters. The number of hydrogen-bond donors (Lipinski definition) is 2. The van der Waals surface area contributed by atoms with Crippen LogP contribution in [-0.2, 0) is 28.7 Å². The van der Waals surface area contributed by atoms with Crippen LogP contribution >= 0.6 is 11.6 Å². The van der Waals surface area contributed by atoms with Crippen molar-refractivity contribution in [2.75, 3.05) is 24.6 Å². The highest BCUT2D eigenvalue weighted by Gasteiger charge is 2.73. The lowest BCUT2D eigenvalue weighted by Gasteiger charge is -2.36. The van der Waals surface area contributed by atoms with Crippen molar-refractivity contribution >= 4 is 41.0 Å². The fourth-order valence-electron chi connectivity index (χ4n) is 7.20. The number of hydrogen-bond acceptors (Lipinski definition) is 7. The molecule has 3 amide bonds. The Hall–Kier alpha value is -3.99. The normalized spacial score (nSPS) is 32.0. The second-order valence-corrected chi connectivity index (χ2v) is 12.6. The van der Waals surface area contributed by atoms with E-state index in [1.165, 1.54) is 9.80 Å². The molecule has 7 atom stereocenters. The van der Waals surface area contributed by atoms with Crippen molar-refractivity contribution in [3.05, 3.63) is 89.5 Å². The van der Waals surface area contributed by atoms with Crippen molar-refractivity contribution in [1.29, 1.82) is 0 Å². The van der Waals surface area contributed by atoms with Crippen LogP contribution in [0.5, 0.6) is 0 Å². The molecule has 4 aliphatic rings. The number of benzene rings is 2. The molecule has 0 aliphatic carbocycles. The number of aliphatic hydroxyl groups excluding tert-OH is 1. The number of carbonyl (C=O) groups is 4. The van der Waals surface area contributed by atoms with Crippen molar-refractivity contribution < 1.29 is 33.8 Å². The third-order valence-corrected chi connectivity index (χ3v) is 9.62. The minimum atomic E-state index is -1.40. The van der Waals surface area contributed by atoms with E-state index in [4.69, 9.17) is 21.1 Å². The van der Waals surface area contributed by atoms with Gasteiger partial charge in [0.1, 0.15) is 23.7 Å². The van der Waals surface area contributed by atoms with E-state index in [9.17, 15) is 24.3 Å². The predicted octanol–water partition coefficient (Wildman–Crippen LogP) is 3.74. The number of allylic oxidation sites excluding steroid dienone is 1. The van der Waals surface area contributed by atoms with E-state index < -0.39 is 53.6 Å². The lowest BCUT2D eigenvalue weighted by atomic mass is 9.74. The van der Waals surface area contributed by atoms with Crippen molar-refractivity contribution in [3.8, 4) is 0 Å². The molecular weight excluding hydrogens is 610 g/mol. The van der Waals surface area contributed by atoms with Gasteiger partial charge in [0.25, 0.3) is 5.91 Å². The summed E-state index contributed by atoms with van der Waals surface area (Å²) in [6, 6.07) is 14.5. The quantitative estimate of drug-likeness (QED) is 0.278. The first-order chi connectivity index (χ1) is 22.3. The summed E-state index contributed by atoms with van der Waals surface area (Å²) < 4.78 is 12.7. The molecule has 10 nitrogen and oxygen atoms in total. The van der Waals surface area contributed by atoms with Crippen LogP contribution in [0.2, 0.25) is 5.02 Å². The minimum Gasteiger partial charge on any atom is -0.455 e. The van der Waals surface area contributed by atoms with Gasteiger partial charge >= 0.3 is 5.97 Å². The Morgan fingerprint density at radius 1 is 1.00 bits per heavy atom. The maximum absolute atomic E-state index is 14.8. The predicted molar refractivity (Wildman–Crippen MR) is 171 cm³/mol. The molecule has 6 rings (SSSR count). The molecule has 2 N–H and O–H groups in total. The van der Waals surface area contributed by atoms with E-state index in [2.05, 4.69) is 5.32 Å². The van der Waals surface area contributed by atoms with Gasteiger partial charge in [0.2, 0.25) is 11.8 Å². The Bertz CT molecular complexity index is 1550. The maximum Gasteiger partial charge on any atom is 0.313 e. The lowest BCUT2D eigenvalue weighted by molar-refractivity contribution is -0.161. The van der Waals surface area contributed by atoms with Gasteiger partial charge < -0.3 is 29.7 Å². The largest absolute Gasteiger partial charge is 0.455 e. The number of anilines is 1. The summed E-state index contributed by atoms with van der Waals surface area (Å²) >= 11 is 6.61. The number of carbonyl (C=O) groups excluding carboxylic acids is 4. The van der Waals surface area contributed by atoms with Gasteiger partial charge in [-0.15, -0.1) is 0 Å². The molecule has 0 radical (unpaired) electrons. The van der Waals surface area contributed by atoms with Crippen molar-refractivity contribution in [1.82, 2.24) is 10.2 Å². The molecule has 242 valence electrons. The number of rotatable bonds is 6. The van der Waals surface area contributed by atoms with E-state index in [1.807, 2.05) is 42.5 Å². The first-order valence-corrected chi connectivity index (χ1v) is 16.2. The standard InChI is InChI=1S/C35H38ClN3O7/c1-22-30(23-12-4-2-5-13-23)45-34(44)28-26-17-18-35(46-26)29(28)32(42)39(20-10-11-21-40)31(35)33(43)38(25-15-8-7-14-24(25)36)19-9-3-6-16-27(41)37-22/h2-5,7-9,12-15,17-18,22,26,28-31,40H,6,10-11,16,19-21H2,1H3,(H,37,41)/b9-3-/t22-,26+,28-,29-,30+,31+,35-/m0/s1. The van der Waals surface area contributed by atoms with Gasteiger partial charge in [-0.05, 0) is 43.9 Å². The fourth-order valence-corrected chi connectivity index (χ4v) is 7.43. The summed E-state index contributed by atoms with van der Waals surface area (Å²) in [5.41, 5.74) is -0.243. The molecule has 11 heteroatoms. The topological polar surface area (TPSA) is 125 Å². The van der Waals surface area contributed by atoms with Gasteiger partial charge in [0, 0.05) is 26.1 Å². The first-order valence-electron chi connectivity index (χ1n) is 15.8. The molecule has 5 bridgehead atoms. The second-order valence-electron chi connectivity index (χ2n) is 12.2. The van der Waals surface area contributed by atoms with E-state index in [-0.39, 0.29) is 37.9 Å². The molecule has 0 saturated carbocycles. The van der Waals surface area contributed by atoms with Crippen LogP contribution in [0.15, 0.2) is 78.9 Å². The molecule has 2 saturated heterocycles. The number of fused-ring (bicyclic) bond motifs is 2. The summed E-state index contributed by atoms with van der Waals surface area (Å²) in [5, 5.41) is 12.8. The molecular formula is C35H38ClN3O7. The minimum absolute atomic E-state index is 0.0607. The third-order valence-electron chi connectivity index (χ3n) is 9.30. The maximum atomic E-state index is 14.8. The Kier molecular flexibility index (Phi) is 9.31. The molecule has 46 heavy (non-hydrogen) atoms. The molecule has 1 spiro atoms. The number of nitrogens with zero attached hydrogens (tertiary/aromatic N) is 2. The van der Waals surface area contributed by atoms with Crippen LogP contribution in [0, 0.1) is 11.8 Å². The van der Waals surface area contributed by atoms with Crippen LogP contribution < -0.4 is 10.2 Å². The summed E-state index contributed by atoms with van der Waals surface area (Å²) in [4.78, 5) is 59.2. The number of cyclic esters (lactones) is 1. The molecule has 4 heterocycles. The number of halogens is 1. The number of nitrogens with one attached hydrogen (secondary N) is 1. The zero-order valence-electron chi connectivity index (χ0n) is 25.6. The van der Waals surface area contributed by atoms with Gasteiger partial charge in [-0.2, -0.15) is 0 Å². The molecule has 2 aromatic rings. The highest BCUT2D eigenvalue weighted by molar-refractivity contribution is 6.34. The van der Waals surface area contributed by atoms with E-state index in [1.54, 1.807) is 43.3 Å².